The van der Waals surface area contributed by atoms with Crippen LogP contribution in [-0.2, 0) is 4.79 Å². The van der Waals surface area contributed by atoms with Crippen LogP contribution < -0.4 is 10.1 Å². The molecule has 0 aliphatic rings. The van der Waals surface area contributed by atoms with E-state index in [1.165, 1.54) is 11.8 Å². The Labute approximate surface area is 128 Å². The van der Waals surface area contributed by atoms with Crippen molar-refractivity contribution in [2.24, 2.45) is 0 Å². The predicted octanol–water partition coefficient (Wildman–Crippen LogP) is 2.19. The van der Waals surface area contributed by atoms with Crippen LogP contribution in [0.4, 0.5) is 0 Å². The minimum absolute atomic E-state index is 0.277. The van der Waals surface area contributed by atoms with Crippen LogP contribution >= 0.6 is 11.8 Å². The highest BCUT2D eigenvalue weighted by atomic mass is 32.2. The number of amides is 1. The lowest BCUT2D eigenvalue weighted by Gasteiger charge is -2.15. The molecule has 0 radical (unpaired) electrons. The quantitative estimate of drug-likeness (QED) is 0.684. The van der Waals surface area contributed by atoms with E-state index in [9.17, 15) is 9.59 Å². The summed E-state index contributed by atoms with van der Waals surface area (Å²) in [5, 5.41) is 11.7. The topological polar surface area (TPSA) is 75.6 Å². The van der Waals surface area contributed by atoms with Crippen molar-refractivity contribution in [1.82, 2.24) is 5.32 Å². The molecule has 0 spiro atoms. The highest BCUT2D eigenvalue weighted by Crippen LogP contribution is 2.18. The van der Waals surface area contributed by atoms with Crippen molar-refractivity contribution in [3.63, 3.8) is 0 Å². The molecule has 0 bridgehead atoms. The summed E-state index contributed by atoms with van der Waals surface area (Å²) >= 11 is 1.53. The second-order valence-electron chi connectivity index (χ2n) is 4.24. The Kier molecular flexibility index (Phi) is 7.39. The summed E-state index contributed by atoms with van der Waals surface area (Å²) in [5.74, 6) is -0.430. The Morgan fingerprint density at radius 3 is 2.81 bits per heavy atom. The molecule has 0 aliphatic carbocycles. The van der Waals surface area contributed by atoms with Crippen molar-refractivity contribution in [1.29, 1.82) is 0 Å². The summed E-state index contributed by atoms with van der Waals surface area (Å²) in [7, 11) is 0. The van der Waals surface area contributed by atoms with Gasteiger partial charge < -0.3 is 15.2 Å². The molecule has 1 unspecified atom stereocenters. The van der Waals surface area contributed by atoms with Crippen LogP contribution in [0.3, 0.4) is 0 Å². The summed E-state index contributed by atoms with van der Waals surface area (Å²) in [4.78, 5) is 23.4. The molecule has 0 saturated heterocycles. The molecule has 0 heterocycles. The third-order valence-electron chi connectivity index (χ3n) is 2.70. The number of benzene rings is 1. The summed E-state index contributed by atoms with van der Waals surface area (Å²) in [6.07, 6.45) is 3.84. The zero-order valence-corrected chi connectivity index (χ0v) is 12.7. The molecule has 1 aromatic rings. The first-order valence-electron chi connectivity index (χ1n) is 6.45. The molecule has 2 N–H and O–H groups in total. The Bertz CT molecular complexity index is 504. The zero-order valence-electron chi connectivity index (χ0n) is 11.9. The van der Waals surface area contributed by atoms with E-state index in [1.54, 1.807) is 30.3 Å². The van der Waals surface area contributed by atoms with E-state index in [2.05, 4.69) is 11.9 Å². The number of nitrogens with one attached hydrogen (secondary N) is 1. The number of thioether (sulfide) groups is 1. The van der Waals surface area contributed by atoms with Crippen molar-refractivity contribution < 1.29 is 19.4 Å². The van der Waals surface area contributed by atoms with Crippen LogP contribution in [0.25, 0.3) is 0 Å². The van der Waals surface area contributed by atoms with Crippen LogP contribution in [0.2, 0.25) is 0 Å². The highest BCUT2D eigenvalue weighted by molar-refractivity contribution is 7.98. The molecule has 0 fully saturated rings. The van der Waals surface area contributed by atoms with Crippen molar-refractivity contribution >= 4 is 23.6 Å². The zero-order chi connectivity index (χ0) is 15.7. The van der Waals surface area contributed by atoms with Gasteiger partial charge in [0.25, 0.3) is 5.91 Å². The number of para-hydroxylation sites is 1. The van der Waals surface area contributed by atoms with Gasteiger partial charge in [-0.25, -0.2) is 4.79 Å². The number of aliphatic carboxylic acids is 1. The Morgan fingerprint density at radius 1 is 1.48 bits per heavy atom. The molecule has 0 aromatic heterocycles. The number of hydrogen-bond acceptors (Lipinski definition) is 4. The molecular formula is C15H19NO4S. The van der Waals surface area contributed by atoms with Gasteiger partial charge >= 0.3 is 5.97 Å². The number of carboxylic acids is 1. The minimum atomic E-state index is -1.04. The molecule has 0 aliphatic heterocycles. The number of hydrogen-bond donors (Lipinski definition) is 2. The second kappa shape index (κ2) is 9.07. The molecule has 1 aromatic carbocycles. The molecule has 6 heteroatoms. The average Bonchev–Trinajstić information content (AvgIpc) is 2.49. The number of rotatable bonds is 9. The largest absolute Gasteiger partial charge is 0.489 e. The standard InChI is InChI=1S/C15H19NO4S/c1-3-9-20-13-7-5-4-6-11(13)14(17)16-12(15(18)19)8-10-21-2/h3-7,12H,1,8-10H2,2H3,(H,16,17)(H,18,19). The summed E-state index contributed by atoms with van der Waals surface area (Å²) < 4.78 is 5.40. The van der Waals surface area contributed by atoms with Gasteiger partial charge in [-0.2, -0.15) is 11.8 Å². The molecule has 114 valence electrons. The van der Waals surface area contributed by atoms with Gasteiger partial charge in [-0.05, 0) is 30.6 Å². The van der Waals surface area contributed by atoms with Crippen molar-refractivity contribution in [2.45, 2.75) is 12.5 Å². The average molecular weight is 309 g/mol. The molecule has 5 nitrogen and oxygen atoms in total. The van der Waals surface area contributed by atoms with E-state index in [1.807, 2.05) is 6.26 Å². The van der Waals surface area contributed by atoms with E-state index >= 15 is 0 Å². The fraction of sp³-hybridized carbons (Fsp3) is 0.333. The monoisotopic (exact) mass is 309 g/mol. The van der Waals surface area contributed by atoms with Crippen LogP contribution in [0.5, 0.6) is 5.75 Å². The van der Waals surface area contributed by atoms with Gasteiger partial charge in [0.15, 0.2) is 0 Å². The lowest BCUT2D eigenvalue weighted by molar-refractivity contribution is -0.139. The van der Waals surface area contributed by atoms with Gasteiger partial charge in [-0.3, -0.25) is 4.79 Å². The van der Waals surface area contributed by atoms with Crippen LogP contribution in [0.15, 0.2) is 36.9 Å². The predicted molar refractivity (Wildman–Crippen MR) is 84.0 cm³/mol. The minimum Gasteiger partial charge on any atom is -0.489 e. The normalized spacial score (nSPS) is 11.5. The molecule has 0 saturated carbocycles. The van der Waals surface area contributed by atoms with Gasteiger partial charge in [-0.15, -0.1) is 0 Å². The van der Waals surface area contributed by atoms with E-state index in [0.29, 0.717) is 23.5 Å². The Morgan fingerprint density at radius 2 is 2.19 bits per heavy atom. The Balaban J connectivity index is 2.81. The fourth-order valence-electron chi connectivity index (χ4n) is 1.66. The van der Waals surface area contributed by atoms with Gasteiger partial charge in [0.05, 0.1) is 5.56 Å². The smallest absolute Gasteiger partial charge is 0.326 e. The van der Waals surface area contributed by atoms with Gasteiger partial charge in [0, 0.05) is 0 Å². The number of carbonyl (C=O) groups excluding carboxylic acids is 1. The lowest BCUT2D eigenvalue weighted by atomic mass is 10.1. The number of carboxylic acid groups (broad SMARTS) is 1. The molecule has 1 atom stereocenters. The van der Waals surface area contributed by atoms with Crippen LogP contribution in [-0.4, -0.2) is 41.6 Å². The first-order chi connectivity index (χ1) is 10.1. The Hall–Kier alpha value is -1.95. The van der Waals surface area contributed by atoms with E-state index in [-0.39, 0.29) is 6.61 Å². The van der Waals surface area contributed by atoms with E-state index in [4.69, 9.17) is 9.84 Å². The maximum atomic E-state index is 12.2. The maximum Gasteiger partial charge on any atom is 0.326 e. The summed E-state index contributed by atoms with van der Waals surface area (Å²) in [6, 6.07) is 5.81. The maximum absolute atomic E-state index is 12.2. The van der Waals surface area contributed by atoms with Crippen molar-refractivity contribution in [3.8, 4) is 5.75 Å². The molecule has 21 heavy (non-hydrogen) atoms. The van der Waals surface area contributed by atoms with E-state index in [0.717, 1.165) is 0 Å². The second-order valence-corrected chi connectivity index (χ2v) is 5.23. The first kappa shape index (κ1) is 17.1. The fourth-order valence-corrected chi connectivity index (χ4v) is 2.13. The molecule has 1 rings (SSSR count). The van der Waals surface area contributed by atoms with E-state index < -0.39 is 17.9 Å². The van der Waals surface area contributed by atoms with Gasteiger partial charge in [0.2, 0.25) is 0 Å². The van der Waals surface area contributed by atoms with Crippen molar-refractivity contribution in [2.75, 3.05) is 18.6 Å². The summed E-state index contributed by atoms with van der Waals surface area (Å²) in [6.45, 7) is 3.83. The first-order valence-corrected chi connectivity index (χ1v) is 7.84. The lowest BCUT2D eigenvalue weighted by Crippen LogP contribution is -2.41. The SMILES string of the molecule is C=CCOc1ccccc1C(=O)NC(CCSC)C(=O)O. The highest BCUT2D eigenvalue weighted by Gasteiger charge is 2.21. The van der Waals surface area contributed by atoms with Crippen LogP contribution in [0, 0.1) is 0 Å². The van der Waals surface area contributed by atoms with Gasteiger partial charge in [-0.1, -0.05) is 24.8 Å². The molecular weight excluding hydrogens is 290 g/mol. The number of ether oxygens (including phenoxy) is 1. The third-order valence-corrected chi connectivity index (χ3v) is 3.35. The van der Waals surface area contributed by atoms with Crippen LogP contribution in [0.1, 0.15) is 16.8 Å². The number of carbonyl (C=O) groups is 2. The van der Waals surface area contributed by atoms with Crippen molar-refractivity contribution in [3.05, 3.63) is 42.5 Å². The molecule has 1 amide bonds. The van der Waals surface area contributed by atoms with Gasteiger partial charge in [0.1, 0.15) is 18.4 Å². The summed E-state index contributed by atoms with van der Waals surface area (Å²) in [5.41, 5.74) is 0.315. The third kappa shape index (κ3) is 5.51.